The van der Waals surface area contributed by atoms with Crippen LogP contribution in [0.25, 0.3) is 0 Å². The maximum absolute atomic E-state index is 5.87. The van der Waals surface area contributed by atoms with Crippen LogP contribution in [-0.2, 0) is 4.74 Å². The zero-order chi connectivity index (χ0) is 14.3. The molecule has 108 valence electrons. The van der Waals surface area contributed by atoms with Crippen LogP contribution in [0.3, 0.4) is 0 Å². The van der Waals surface area contributed by atoms with E-state index in [1.807, 2.05) is 19.2 Å². The maximum atomic E-state index is 5.87. The summed E-state index contributed by atoms with van der Waals surface area (Å²) < 4.78 is 10.7. The normalized spacial score (nSPS) is 10.8. The number of hydrogen-bond acceptors (Lipinski definition) is 5. The Labute approximate surface area is 115 Å². The van der Waals surface area contributed by atoms with Crippen LogP contribution in [0.15, 0.2) is 12.1 Å². The summed E-state index contributed by atoms with van der Waals surface area (Å²) in [6.07, 6.45) is 0.960. The molecular weight excluding hydrogens is 242 g/mol. The van der Waals surface area contributed by atoms with E-state index in [9.17, 15) is 0 Å². The Balaban J connectivity index is 2.66. The van der Waals surface area contributed by atoms with E-state index in [2.05, 4.69) is 23.7 Å². The van der Waals surface area contributed by atoms with E-state index in [-0.39, 0.29) is 0 Å². The van der Waals surface area contributed by atoms with Gasteiger partial charge in [-0.15, -0.1) is 0 Å². The molecule has 5 nitrogen and oxygen atoms in total. The largest absolute Gasteiger partial charge is 0.476 e. The van der Waals surface area contributed by atoms with Crippen molar-refractivity contribution in [2.45, 2.75) is 20.3 Å². The average molecular weight is 267 g/mol. The third-order valence-corrected chi connectivity index (χ3v) is 2.66. The molecule has 1 aromatic heterocycles. The first kappa shape index (κ1) is 15.6. The third kappa shape index (κ3) is 5.34. The second-order valence-corrected chi connectivity index (χ2v) is 5.04. The molecule has 0 aliphatic rings. The van der Waals surface area contributed by atoms with Gasteiger partial charge in [-0.1, -0.05) is 13.8 Å². The summed E-state index contributed by atoms with van der Waals surface area (Å²) in [4.78, 5) is 6.53. The molecule has 0 spiro atoms. The van der Waals surface area contributed by atoms with E-state index in [1.54, 1.807) is 7.11 Å². The quantitative estimate of drug-likeness (QED) is 0.731. The number of anilines is 2. The summed E-state index contributed by atoms with van der Waals surface area (Å²) in [5, 5.41) is 0. The molecule has 1 aromatic rings. The van der Waals surface area contributed by atoms with E-state index >= 15 is 0 Å². The molecule has 0 atom stereocenters. The van der Waals surface area contributed by atoms with Gasteiger partial charge >= 0.3 is 0 Å². The van der Waals surface area contributed by atoms with Crippen molar-refractivity contribution in [3.63, 3.8) is 0 Å². The van der Waals surface area contributed by atoms with Crippen LogP contribution >= 0.6 is 0 Å². The van der Waals surface area contributed by atoms with E-state index in [0.29, 0.717) is 24.1 Å². The first-order valence-corrected chi connectivity index (χ1v) is 6.64. The van der Waals surface area contributed by atoms with Gasteiger partial charge < -0.3 is 20.1 Å². The fraction of sp³-hybridized carbons (Fsp3) is 0.643. The van der Waals surface area contributed by atoms with Crippen LogP contribution in [-0.4, -0.2) is 38.9 Å². The summed E-state index contributed by atoms with van der Waals surface area (Å²) in [7, 11) is 3.71. The van der Waals surface area contributed by atoms with Crippen LogP contribution < -0.4 is 15.4 Å². The topological polar surface area (TPSA) is 60.6 Å². The van der Waals surface area contributed by atoms with Crippen LogP contribution in [0.2, 0.25) is 0 Å². The molecule has 0 saturated heterocycles. The summed E-state index contributed by atoms with van der Waals surface area (Å²) in [5.74, 6) is 1.83. The van der Waals surface area contributed by atoms with Gasteiger partial charge in [0.25, 0.3) is 0 Å². The number of aromatic nitrogens is 1. The highest BCUT2D eigenvalue weighted by atomic mass is 16.5. The minimum atomic E-state index is 0.448. The number of nitrogen functional groups attached to an aromatic ring is 1. The van der Waals surface area contributed by atoms with Crippen molar-refractivity contribution in [3.8, 4) is 5.88 Å². The van der Waals surface area contributed by atoms with Gasteiger partial charge in [0.1, 0.15) is 5.82 Å². The molecule has 0 fully saturated rings. The predicted molar refractivity (Wildman–Crippen MR) is 78.7 cm³/mol. The molecule has 0 saturated carbocycles. The number of methoxy groups -OCH3 is 1. The molecule has 0 amide bonds. The second-order valence-electron chi connectivity index (χ2n) is 5.04. The molecule has 2 N–H and O–H groups in total. The van der Waals surface area contributed by atoms with Crippen LogP contribution in [0.4, 0.5) is 11.5 Å². The molecule has 0 aliphatic heterocycles. The molecule has 5 heteroatoms. The molecule has 0 bridgehead atoms. The first-order valence-electron chi connectivity index (χ1n) is 6.64. The highest BCUT2D eigenvalue weighted by molar-refractivity contribution is 5.54. The zero-order valence-corrected chi connectivity index (χ0v) is 12.3. The Bertz CT molecular complexity index is 383. The smallest absolute Gasteiger partial charge is 0.239 e. The first-order chi connectivity index (χ1) is 9.04. The maximum Gasteiger partial charge on any atom is 0.239 e. The van der Waals surface area contributed by atoms with Gasteiger partial charge in [0, 0.05) is 27.3 Å². The van der Waals surface area contributed by atoms with Gasteiger partial charge in [0.2, 0.25) is 5.88 Å². The number of nitrogens with two attached hydrogens (primary N) is 1. The zero-order valence-electron chi connectivity index (χ0n) is 12.3. The van der Waals surface area contributed by atoms with Gasteiger partial charge in [-0.05, 0) is 24.5 Å². The summed E-state index contributed by atoms with van der Waals surface area (Å²) in [6, 6.07) is 3.75. The summed E-state index contributed by atoms with van der Waals surface area (Å²) in [5.41, 5.74) is 6.45. The number of nitrogens with zero attached hydrogens (tertiary/aromatic N) is 2. The van der Waals surface area contributed by atoms with Gasteiger partial charge in [-0.25, -0.2) is 0 Å². The Morgan fingerprint density at radius 3 is 2.74 bits per heavy atom. The molecule has 19 heavy (non-hydrogen) atoms. The van der Waals surface area contributed by atoms with Crippen LogP contribution in [0.1, 0.15) is 20.3 Å². The molecule has 0 aliphatic carbocycles. The van der Waals surface area contributed by atoms with Gasteiger partial charge in [-0.3, -0.25) is 0 Å². The van der Waals surface area contributed by atoms with Crippen LogP contribution in [0.5, 0.6) is 5.88 Å². The highest BCUT2D eigenvalue weighted by Crippen LogP contribution is 2.23. The monoisotopic (exact) mass is 267 g/mol. The van der Waals surface area contributed by atoms with Gasteiger partial charge in [0.15, 0.2) is 0 Å². The Hall–Kier alpha value is -1.49. The van der Waals surface area contributed by atoms with E-state index in [4.69, 9.17) is 15.2 Å². The Morgan fingerprint density at radius 1 is 1.37 bits per heavy atom. The van der Waals surface area contributed by atoms with Crippen molar-refractivity contribution in [2.24, 2.45) is 5.92 Å². The van der Waals surface area contributed by atoms with Gasteiger partial charge in [-0.2, -0.15) is 4.98 Å². The lowest BCUT2D eigenvalue weighted by atomic mass is 10.2. The van der Waals surface area contributed by atoms with Gasteiger partial charge in [0.05, 0.1) is 12.3 Å². The predicted octanol–water partition coefficient (Wildman–Crippen LogP) is 2.17. The van der Waals surface area contributed by atoms with Crippen molar-refractivity contribution in [2.75, 3.05) is 44.5 Å². The Morgan fingerprint density at radius 2 is 2.11 bits per heavy atom. The Kier molecular flexibility index (Phi) is 6.42. The minimum Gasteiger partial charge on any atom is -0.476 e. The number of ether oxygens (including phenoxy) is 2. The van der Waals surface area contributed by atoms with Crippen molar-refractivity contribution >= 4 is 11.5 Å². The molecule has 0 radical (unpaired) electrons. The molecule has 1 rings (SSSR count). The molecule has 0 unspecified atom stereocenters. The van der Waals surface area contributed by atoms with Crippen LogP contribution in [0, 0.1) is 5.92 Å². The lowest BCUT2D eigenvalue weighted by Crippen LogP contribution is -2.21. The molecular formula is C14H25N3O2. The van der Waals surface area contributed by atoms with Crippen molar-refractivity contribution in [1.82, 2.24) is 4.98 Å². The average Bonchev–Trinajstić information content (AvgIpc) is 2.37. The van der Waals surface area contributed by atoms with Crippen molar-refractivity contribution in [3.05, 3.63) is 12.1 Å². The number of rotatable bonds is 8. The van der Waals surface area contributed by atoms with Crippen molar-refractivity contribution < 1.29 is 9.47 Å². The number of pyridine rings is 1. The standard InChI is InChI=1S/C14H25N3O2/c1-11(2)10-19-14-12(15)6-7-13(16-14)17(3)8-5-9-18-4/h6-7,11H,5,8-10,15H2,1-4H3. The second kappa shape index (κ2) is 7.84. The SMILES string of the molecule is COCCCN(C)c1ccc(N)c(OCC(C)C)n1. The fourth-order valence-electron chi connectivity index (χ4n) is 1.58. The third-order valence-electron chi connectivity index (χ3n) is 2.66. The van der Waals surface area contributed by atoms with E-state index < -0.39 is 0 Å². The summed E-state index contributed by atoms with van der Waals surface area (Å²) >= 11 is 0. The van der Waals surface area contributed by atoms with E-state index in [1.165, 1.54) is 0 Å². The van der Waals surface area contributed by atoms with Crippen molar-refractivity contribution in [1.29, 1.82) is 0 Å². The fourth-order valence-corrected chi connectivity index (χ4v) is 1.58. The lowest BCUT2D eigenvalue weighted by Gasteiger charge is -2.19. The minimum absolute atomic E-state index is 0.448. The highest BCUT2D eigenvalue weighted by Gasteiger charge is 2.08. The summed E-state index contributed by atoms with van der Waals surface area (Å²) in [6.45, 7) is 6.44. The molecule has 1 heterocycles. The lowest BCUT2D eigenvalue weighted by molar-refractivity contribution is 0.196. The van der Waals surface area contributed by atoms with E-state index in [0.717, 1.165) is 25.4 Å². The number of hydrogen-bond donors (Lipinski definition) is 1. The molecule has 0 aromatic carbocycles.